The summed E-state index contributed by atoms with van der Waals surface area (Å²) in [7, 11) is 0. The van der Waals surface area contributed by atoms with Crippen LogP contribution in [0.25, 0.3) is 16.9 Å². The molecule has 1 aliphatic rings. The van der Waals surface area contributed by atoms with Gasteiger partial charge in [0, 0.05) is 18.9 Å². The van der Waals surface area contributed by atoms with Crippen molar-refractivity contribution >= 4 is 5.91 Å². The van der Waals surface area contributed by atoms with Crippen molar-refractivity contribution in [3.05, 3.63) is 70.3 Å². The third-order valence-corrected chi connectivity index (χ3v) is 5.11. The van der Waals surface area contributed by atoms with Crippen LogP contribution in [0, 0.1) is 17.2 Å². The van der Waals surface area contributed by atoms with Gasteiger partial charge >= 0.3 is 0 Å². The molecule has 140 valence electrons. The van der Waals surface area contributed by atoms with Crippen molar-refractivity contribution in [3.8, 4) is 23.0 Å². The lowest BCUT2D eigenvalue weighted by Gasteiger charge is -2.25. The number of carbonyl (C=O) groups is 1. The molecule has 1 amide bonds. The van der Waals surface area contributed by atoms with E-state index in [1.165, 1.54) is 30.1 Å². The first-order chi connectivity index (χ1) is 13.7. The quantitative estimate of drug-likeness (QED) is 0.717. The summed E-state index contributed by atoms with van der Waals surface area (Å²) >= 11 is 0. The maximum absolute atomic E-state index is 12.7. The van der Waals surface area contributed by atoms with Crippen molar-refractivity contribution in [2.75, 3.05) is 6.54 Å². The maximum Gasteiger partial charge on any atom is 0.280 e. The van der Waals surface area contributed by atoms with Gasteiger partial charge in [-0.05, 0) is 48.6 Å². The molecule has 0 aliphatic heterocycles. The van der Waals surface area contributed by atoms with Crippen molar-refractivity contribution in [2.24, 2.45) is 5.92 Å². The van der Waals surface area contributed by atoms with Crippen LogP contribution < -0.4 is 10.9 Å². The summed E-state index contributed by atoms with van der Waals surface area (Å²) in [6.07, 6.45) is 6.67. The first kappa shape index (κ1) is 17.7. The predicted molar refractivity (Wildman–Crippen MR) is 104 cm³/mol. The van der Waals surface area contributed by atoms with Crippen molar-refractivity contribution in [3.63, 3.8) is 0 Å². The highest BCUT2D eigenvalue weighted by molar-refractivity contribution is 5.93. The third-order valence-electron chi connectivity index (χ3n) is 5.11. The Morgan fingerprint density at radius 3 is 2.64 bits per heavy atom. The molecular formula is C21H19N5O2. The zero-order valence-electron chi connectivity index (χ0n) is 15.2. The van der Waals surface area contributed by atoms with Gasteiger partial charge in [-0.15, -0.1) is 0 Å². The fourth-order valence-corrected chi connectivity index (χ4v) is 3.16. The highest BCUT2D eigenvalue weighted by atomic mass is 16.1. The molecule has 0 radical (unpaired) electrons. The molecular weight excluding hydrogens is 354 g/mol. The number of rotatable bonds is 5. The van der Waals surface area contributed by atoms with Gasteiger partial charge in [-0.25, -0.2) is 9.67 Å². The standard InChI is InChI=1S/C21H19N5O2/c22-10-14-4-6-16(7-5-14)18-13-25-26(21(18)28)19-9-8-17(12-23-19)20(27)24-11-15-2-1-3-15/h4-9,12-13,15,25H,1-3,11H2,(H,24,27). The van der Waals surface area contributed by atoms with Crippen LogP contribution in [0.4, 0.5) is 0 Å². The van der Waals surface area contributed by atoms with E-state index >= 15 is 0 Å². The molecule has 0 bridgehead atoms. The van der Waals surface area contributed by atoms with Crippen LogP contribution >= 0.6 is 0 Å². The van der Waals surface area contributed by atoms with Gasteiger partial charge in [0.25, 0.3) is 11.5 Å². The highest BCUT2D eigenvalue weighted by Gasteiger charge is 2.18. The molecule has 4 rings (SSSR count). The number of hydrogen-bond acceptors (Lipinski definition) is 4. The Bertz CT molecular complexity index is 1080. The largest absolute Gasteiger partial charge is 0.352 e. The van der Waals surface area contributed by atoms with Gasteiger partial charge in [0.1, 0.15) is 0 Å². The number of pyridine rings is 1. The van der Waals surface area contributed by atoms with Crippen molar-refractivity contribution < 1.29 is 4.79 Å². The molecule has 0 saturated heterocycles. The van der Waals surface area contributed by atoms with Crippen LogP contribution in [0.1, 0.15) is 35.2 Å². The van der Waals surface area contributed by atoms with E-state index in [1.807, 2.05) is 0 Å². The van der Waals surface area contributed by atoms with Gasteiger partial charge in [0.05, 0.1) is 22.8 Å². The summed E-state index contributed by atoms with van der Waals surface area (Å²) in [5.74, 6) is 0.845. The summed E-state index contributed by atoms with van der Waals surface area (Å²) in [6, 6.07) is 12.2. The minimum Gasteiger partial charge on any atom is -0.352 e. The molecule has 0 atom stereocenters. The fraction of sp³-hybridized carbons (Fsp3) is 0.238. The fourth-order valence-electron chi connectivity index (χ4n) is 3.16. The zero-order chi connectivity index (χ0) is 19.5. The highest BCUT2D eigenvalue weighted by Crippen LogP contribution is 2.25. The van der Waals surface area contributed by atoms with Crippen molar-refractivity contribution in [1.29, 1.82) is 5.26 Å². The van der Waals surface area contributed by atoms with Crippen molar-refractivity contribution in [2.45, 2.75) is 19.3 Å². The number of H-pyrrole nitrogens is 1. The average molecular weight is 373 g/mol. The number of nitrogens with one attached hydrogen (secondary N) is 2. The van der Waals surface area contributed by atoms with E-state index in [9.17, 15) is 9.59 Å². The Hall–Kier alpha value is -3.66. The van der Waals surface area contributed by atoms with E-state index in [-0.39, 0.29) is 11.5 Å². The minimum atomic E-state index is -0.251. The number of hydrogen-bond donors (Lipinski definition) is 2. The summed E-state index contributed by atoms with van der Waals surface area (Å²) in [6.45, 7) is 0.699. The number of carbonyl (C=O) groups excluding carboxylic acids is 1. The van der Waals surface area contributed by atoms with Crippen LogP contribution in [0.5, 0.6) is 0 Å². The molecule has 1 saturated carbocycles. The predicted octanol–water partition coefficient (Wildman–Crippen LogP) is 2.63. The first-order valence-corrected chi connectivity index (χ1v) is 9.21. The Morgan fingerprint density at radius 2 is 2.04 bits per heavy atom. The van der Waals surface area contributed by atoms with Crippen LogP contribution in [-0.4, -0.2) is 27.2 Å². The lowest BCUT2D eigenvalue weighted by Crippen LogP contribution is -2.32. The number of aromatic nitrogens is 3. The normalized spacial score (nSPS) is 13.5. The molecule has 28 heavy (non-hydrogen) atoms. The lowest BCUT2D eigenvalue weighted by atomic mass is 9.85. The Morgan fingerprint density at radius 1 is 1.25 bits per heavy atom. The Labute approximate surface area is 161 Å². The monoisotopic (exact) mass is 373 g/mol. The van der Waals surface area contributed by atoms with Crippen LogP contribution in [0.3, 0.4) is 0 Å². The summed E-state index contributed by atoms with van der Waals surface area (Å²) in [5.41, 5.74) is 1.95. The third kappa shape index (κ3) is 3.45. The van der Waals surface area contributed by atoms with E-state index in [0.29, 0.717) is 40.5 Å². The van der Waals surface area contributed by atoms with E-state index in [1.54, 1.807) is 42.6 Å². The van der Waals surface area contributed by atoms with E-state index < -0.39 is 0 Å². The smallest absolute Gasteiger partial charge is 0.280 e. The number of amides is 1. The molecule has 3 aromatic rings. The van der Waals surface area contributed by atoms with Crippen LogP contribution in [0.15, 0.2) is 53.6 Å². The second-order valence-electron chi connectivity index (χ2n) is 6.93. The molecule has 0 unspecified atom stereocenters. The Balaban J connectivity index is 1.51. The van der Waals surface area contributed by atoms with Gasteiger partial charge in [-0.2, -0.15) is 5.26 Å². The number of nitriles is 1. The number of aromatic amines is 1. The second kappa shape index (κ2) is 7.53. The minimum absolute atomic E-state index is 0.150. The van der Waals surface area contributed by atoms with Gasteiger partial charge in [0.15, 0.2) is 5.82 Å². The summed E-state index contributed by atoms with van der Waals surface area (Å²) in [5, 5.41) is 14.7. The summed E-state index contributed by atoms with van der Waals surface area (Å²) in [4.78, 5) is 29.2. The molecule has 2 heterocycles. The van der Waals surface area contributed by atoms with Gasteiger partial charge in [-0.1, -0.05) is 18.6 Å². The molecule has 2 N–H and O–H groups in total. The first-order valence-electron chi connectivity index (χ1n) is 9.21. The van der Waals surface area contributed by atoms with E-state index in [0.717, 1.165) is 0 Å². The van der Waals surface area contributed by atoms with E-state index in [2.05, 4.69) is 21.5 Å². The molecule has 2 aromatic heterocycles. The van der Waals surface area contributed by atoms with Crippen molar-refractivity contribution in [1.82, 2.24) is 20.1 Å². The molecule has 1 fully saturated rings. The topological polar surface area (TPSA) is 104 Å². The lowest BCUT2D eigenvalue weighted by molar-refractivity contribution is 0.0938. The van der Waals surface area contributed by atoms with Crippen LogP contribution in [0.2, 0.25) is 0 Å². The van der Waals surface area contributed by atoms with Gasteiger partial charge in [-0.3, -0.25) is 14.7 Å². The van der Waals surface area contributed by atoms with Gasteiger partial charge < -0.3 is 5.32 Å². The molecule has 1 aromatic carbocycles. The van der Waals surface area contributed by atoms with Gasteiger partial charge in [0.2, 0.25) is 0 Å². The SMILES string of the molecule is N#Cc1ccc(-c2c[nH]n(-c3ccc(C(=O)NCC4CCC4)cn3)c2=O)cc1. The maximum atomic E-state index is 12.7. The second-order valence-corrected chi connectivity index (χ2v) is 6.93. The molecule has 0 spiro atoms. The molecule has 1 aliphatic carbocycles. The molecule has 7 heteroatoms. The molecule has 7 nitrogen and oxygen atoms in total. The average Bonchev–Trinajstić information content (AvgIpc) is 3.08. The summed E-state index contributed by atoms with van der Waals surface area (Å²) < 4.78 is 1.32. The Kier molecular flexibility index (Phi) is 4.77. The van der Waals surface area contributed by atoms with Crippen LogP contribution in [-0.2, 0) is 0 Å². The number of benzene rings is 1. The zero-order valence-corrected chi connectivity index (χ0v) is 15.2. The van der Waals surface area contributed by atoms with E-state index in [4.69, 9.17) is 5.26 Å². The number of nitrogens with zero attached hydrogens (tertiary/aromatic N) is 3.